The van der Waals surface area contributed by atoms with E-state index in [0.29, 0.717) is 24.9 Å². The first kappa shape index (κ1) is 15.5. The highest BCUT2D eigenvalue weighted by atomic mass is 16.2. The smallest absolute Gasteiger partial charge is 0.241 e. The summed E-state index contributed by atoms with van der Waals surface area (Å²) in [7, 11) is 1.88. The Morgan fingerprint density at radius 2 is 2.00 bits per heavy atom. The third-order valence-corrected chi connectivity index (χ3v) is 6.03. The highest BCUT2D eigenvalue weighted by molar-refractivity contribution is 5.90. The van der Waals surface area contributed by atoms with Crippen molar-refractivity contribution in [2.75, 3.05) is 18.6 Å². The van der Waals surface area contributed by atoms with Crippen LogP contribution >= 0.6 is 0 Å². The Kier molecular flexibility index (Phi) is 3.94. The van der Waals surface area contributed by atoms with Gasteiger partial charge in [0, 0.05) is 19.5 Å². The van der Waals surface area contributed by atoms with Crippen LogP contribution in [0.25, 0.3) is 0 Å². The van der Waals surface area contributed by atoms with Crippen LogP contribution in [0.2, 0.25) is 0 Å². The fourth-order valence-corrected chi connectivity index (χ4v) is 4.66. The number of carbonyl (C=O) groups is 2. The average Bonchev–Trinajstić information content (AvgIpc) is 3.30. The molecule has 24 heavy (non-hydrogen) atoms. The van der Waals surface area contributed by atoms with Crippen molar-refractivity contribution in [1.29, 1.82) is 0 Å². The van der Waals surface area contributed by atoms with Gasteiger partial charge in [-0.25, -0.2) is 0 Å². The summed E-state index contributed by atoms with van der Waals surface area (Å²) in [4.78, 5) is 25.0. The molecule has 2 aliphatic carbocycles. The van der Waals surface area contributed by atoms with Crippen molar-refractivity contribution in [2.45, 2.75) is 38.1 Å². The lowest BCUT2D eigenvalue weighted by Gasteiger charge is -2.30. The molecule has 3 fully saturated rings. The summed E-state index contributed by atoms with van der Waals surface area (Å²) in [6, 6.07) is 10.1. The maximum absolute atomic E-state index is 12.6. The molecule has 0 radical (unpaired) electrons. The zero-order chi connectivity index (χ0) is 16.7. The molecule has 1 aliphatic heterocycles. The number of hydrogen-bond donors (Lipinski definition) is 1. The second-order valence-corrected chi connectivity index (χ2v) is 7.53. The predicted octanol–water partition coefficient (Wildman–Crippen LogP) is 2.19. The normalized spacial score (nSPS) is 31.5. The Morgan fingerprint density at radius 3 is 2.67 bits per heavy atom. The van der Waals surface area contributed by atoms with Gasteiger partial charge in [0.05, 0.1) is 18.2 Å². The van der Waals surface area contributed by atoms with Gasteiger partial charge in [-0.15, -0.1) is 0 Å². The Hall–Kier alpha value is -2.04. The second kappa shape index (κ2) is 6.11. The minimum absolute atomic E-state index is 0.0226. The monoisotopic (exact) mass is 327 g/mol. The van der Waals surface area contributed by atoms with Crippen LogP contribution in [0.1, 0.15) is 32.1 Å². The summed E-state index contributed by atoms with van der Waals surface area (Å²) in [6.45, 7) is 0.469. The third kappa shape index (κ3) is 2.76. The number of para-hydroxylation sites is 1. The second-order valence-electron chi connectivity index (χ2n) is 7.53. The molecular weight excluding hydrogens is 302 g/mol. The highest BCUT2D eigenvalue weighted by Gasteiger charge is 2.42. The van der Waals surface area contributed by atoms with Gasteiger partial charge in [0.2, 0.25) is 11.8 Å². The van der Waals surface area contributed by atoms with Crippen LogP contribution in [0.3, 0.4) is 0 Å². The van der Waals surface area contributed by atoms with Crippen molar-refractivity contribution in [2.24, 2.45) is 17.8 Å². The van der Waals surface area contributed by atoms with E-state index in [1.807, 2.05) is 42.4 Å². The van der Waals surface area contributed by atoms with E-state index in [1.165, 1.54) is 19.3 Å². The molecule has 5 nitrogen and oxygen atoms in total. The standard InChI is InChI=1S/C19H25N3O2/c1-21(16-5-3-2-4-6-16)22-12-15(11-18(22)23)19(24)20-17-10-13-7-8-14(17)9-13/h2-6,13-15,17H,7-12H2,1H3,(H,20,24)/t13-,14+,15?,17+/m0/s1. The number of benzene rings is 1. The van der Waals surface area contributed by atoms with Crippen molar-refractivity contribution >= 4 is 17.5 Å². The van der Waals surface area contributed by atoms with Crippen molar-refractivity contribution in [3.05, 3.63) is 30.3 Å². The molecule has 1 saturated heterocycles. The van der Waals surface area contributed by atoms with Crippen LogP contribution < -0.4 is 10.3 Å². The molecule has 1 aromatic carbocycles. The summed E-state index contributed by atoms with van der Waals surface area (Å²) >= 11 is 0. The number of hydrogen-bond acceptors (Lipinski definition) is 3. The molecule has 2 bridgehead atoms. The lowest BCUT2D eigenvalue weighted by molar-refractivity contribution is -0.129. The first-order chi connectivity index (χ1) is 11.6. The van der Waals surface area contributed by atoms with Gasteiger partial charge in [0.1, 0.15) is 0 Å². The molecule has 2 amide bonds. The molecule has 1 aromatic rings. The first-order valence-corrected chi connectivity index (χ1v) is 9.01. The summed E-state index contributed by atoms with van der Waals surface area (Å²) in [5.41, 5.74) is 0.958. The van der Waals surface area contributed by atoms with E-state index < -0.39 is 0 Å². The summed E-state index contributed by atoms with van der Waals surface area (Å²) < 4.78 is 0. The van der Waals surface area contributed by atoms with E-state index in [4.69, 9.17) is 0 Å². The van der Waals surface area contributed by atoms with Crippen LogP contribution in [0.4, 0.5) is 5.69 Å². The summed E-state index contributed by atoms with van der Waals surface area (Å²) in [5.74, 6) is 1.33. The molecular formula is C19H25N3O2. The SMILES string of the molecule is CN(c1ccccc1)N1CC(C(=O)N[C@@H]2C[C@H]3CC[C@@H]2C3)CC1=O. The number of nitrogens with zero attached hydrogens (tertiary/aromatic N) is 2. The van der Waals surface area contributed by atoms with E-state index in [0.717, 1.165) is 18.0 Å². The lowest BCUT2D eigenvalue weighted by Crippen LogP contribution is -2.44. The molecule has 0 aromatic heterocycles. The van der Waals surface area contributed by atoms with E-state index in [1.54, 1.807) is 5.01 Å². The number of fused-ring (bicyclic) bond motifs is 2. The zero-order valence-corrected chi connectivity index (χ0v) is 14.1. The van der Waals surface area contributed by atoms with Gasteiger partial charge in [0.15, 0.2) is 0 Å². The summed E-state index contributed by atoms with van der Waals surface area (Å²) in [5, 5.41) is 6.78. The Labute approximate surface area is 143 Å². The van der Waals surface area contributed by atoms with Crippen LogP contribution in [-0.4, -0.2) is 36.5 Å². The maximum atomic E-state index is 12.6. The Morgan fingerprint density at radius 1 is 1.21 bits per heavy atom. The minimum Gasteiger partial charge on any atom is -0.353 e. The van der Waals surface area contributed by atoms with Gasteiger partial charge in [-0.2, -0.15) is 0 Å². The van der Waals surface area contributed by atoms with Gasteiger partial charge in [-0.1, -0.05) is 24.6 Å². The van der Waals surface area contributed by atoms with Crippen LogP contribution in [-0.2, 0) is 9.59 Å². The van der Waals surface area contributed by atoms with Crippen molar-refractivity contribution in [1.82, 2.24) is 10.3 Å². The highest BCUT2D eigenvalue weighted by Crippen LogP contribution is 2.44. The molecule has 1 unspecified atom stereocenters. The van der Waals surface area contributed by atoms with Crippen molar-refractivity contribution in [3.63, 3.8) is 0 Å². The van der Waals surface area contributed by atoms with Crippen molar-refractivity contribution in [3.8, 4) is 0 Å². The molecule has 4 rings (SSSR count). The van der Waals surface area contributed by atoms with Crippen LogP contribution in [0, 0.1) is 17.8 Å². The molecule has 2 saturated carbocycles. The number of amides is 2. The fourth-order valence-electron chi connectivity index (χ4n) is 4.66. The predicted molar refractivity (Wildman–Crippen MR) is 92.0 cm³/mol. The molecule has 3 aliphatic rings. The topological polar surface area (TPSA) is 52.6 Å². The van der Waals surface area contributed by atoms with Gasteiger partial charge in [-0.3, -0.25) is 19.6 Å². The molecule has 4 atom stereocenters. The molecule has 5 heteroatoms. The largest absolute Gasteiger partial charge is 0.353 e. The molecule has 1 heterocycles. The van der Waals surface area contributed by atoms with E-state index in [2.05, 4.69) is 5.32 Å². The van der Waals surface area contributed by atoms with Gasteiger partial charge in [-0.05, 0) is 43.2 Å². The molecule has 0 spiro atoms. The molecule has 128 valence electrons. The van der Waals surface area contributed by atoms with Crippen LogP contribution in [0.15, 0.2) is 30.3 Å². The van der Waals surface area contributed by atoms with E-state index >= 15 is 0 Å². The number of anilines is 1. The van der Waals surface area contributed by atoms with E-state index in [-0.39, 0.29) is 17.7 Å². The van der Waals surface area contributed by atoms with Crippen molar-refractivity contribution < 1.29 is 9.59 Å². The minimum atomic E-state index is -0.234. The third-order valence-electron chi connectivity index (χ3n) is 6.03. The Bertz CT molecular complexity index is 633. The van der Waals surface area contributed by atoms with E-state index in [9.17, 15) is 9.59 Å². The lowest BCUT2D eigenvalue weighted by atomic mass is 9.94. The van der Waals surface area contributed by atoms with Gasteiger partial charge in [0.25, 0.3) is 0 Å². The Balaban J connectivity index is 1.38. The maximum Gasteiger partial charge on any atom is 0.241 e. The number of hydrazine groups is 1. The fraction of sp³-hybridized carbons (Fsp3) is 0.579. The number of carbonyl (C=O) groups excluding carboxylic acids is 2. The first-order valence-electron chi connectivity index (χ1n) is 9.01. The quantitative estimate of drug-likeness (QED) is 0.922. The molecule has 1 N–H and O–H groups in total. The van der Waals surface area contributed by atoms with Gasteiger partial charge < -0.3 is 5.32 Å². The summed E-state index contributed by atoms with van der Waals surface area (Å²) in [6.07, 6.45) is 5.29. The average molecular weight is 327 g/mol. The van der Waals surface area contributed by atoms with Gasteiger partial charge >= 0.3 is 0 Å². The number of rotatable bonds is 4. The zero-order valence-electron chi connectivity index (χ0n) is 14.1. The van der Waals surface area contributed by atoms with Crippen LogP contribution in [0.5, 0.6) is 0 Å². The number of nitrogens with one attached hydrogen (secondary N) is 1.